The lowest BCUT2D eigenvalue weighted by Gasteiger charge is -2.05. The maximum absolute atomic E-state index is 3.34. The van der Waals surface area contributed by atoms with E-state index in [1.54, 1.807) is 0 Å². The predicted octanol–water partition coefficient (Wildman–Crippen LogP) is 3.51. The van der Waals surface area contributed by atoms with Crippen molar-refractivity contribution >= 4 is 0 Å². The summed E-state index contributed by atoms with van der Waals surface area (Å²) >= 11 is 0. The molecular weight excluding hydrogens is 206 g/mol. The highest BCUT2D eigenvalue weighted by Gasteiger charge is 1.97. The molecule has 0 saturated carbocycles. The van der Waals surface area contributed by atoms with Crippen LogP contribution in [0.1, 0.15) is 12.5 Å². The van der Waals surface area contributed by atoms with Crippen molar-refractivity contribution in [1.29, 1.82) is 0 Å². The maximum atomic E-state index is 3.34. The summed E-state index contributed by atoms with van der Waals surface area (Å²) in [5, 5.41) is 3.34. The van der Waals surface area contributed by atoms with E-state index in [4.69, 9.17) is 0 Å². The van der Waals surface area contributed by atoms with Gasteiger partial charge in [0.1, 0.15) is 0 Å². The topological polar surface area (TPSA) is 12.0 Å². The highest BCUT2D eigenvalue weighted by atomic mass is 14.8. The third-order valence-electron chi connectivity index (χ3n) is 2.90. The Morgan fingerprint density at radius 1 is 0.824 bits per heavy atom. The van der Waals surface area contributed by atoms with Crippen molar-refractivity contribution in [3.8, 4) is 11.1 Å². The molecule has 2 aromatic carbocycles. The van der Waals surface area contributed by atoms with Gasteiger partial charge in [0.05, 0.1) is 0 Å². The summed E-state index contributed by atoms with van der Waals surface area (Å²) in [5.74, 6) is 0. The van der Waals surface area contributed by atoms with Crippen molar-refractivity contribution in [1.82, 2.24) is 5.32 Å². The second-order valence-electron chi connectivity index (χ2n) is 4.17. The van der Waals surface area contributed by atoms with Crippen LogP contribution < -0.4 is 5.32 Å². The molecule has 0 spiro atoms. The van der Waals surface area contributed by atoms with Gasteiger partial charge in [0.15, 0.2) is 0 Å². The average Bonchev–Trinajstić information content (AvgIpc) is 2.41. The Morgan fingerprint density at radius 3 is 2.12 bits per heavy atom. The predicted molar refractivity (Wildman–Crippen MR) is 74.1 cm³/mol. The first kappa shape index (κ1) is 11.9. The zero-order valence-electron chi connectivity index (χ0n) is 10.3. The molecule has 0 heterocycles. The van der Waals surface area contributed by atoms with E-state index in [0.29, 0.717) is 0 Å². The van der Waals surface area contributed by atoms with E-state index >= 15 is 0 Å². The number of nitrogens with one attached hydrogen (secondary N) is 1. The molecule has 0 atom stereocenters. The molecule has 0 saturated heterocycles. The fraction of sp³-hybridized carbons (Fsp3) is 0.250. The zero-order chi connectivity index (χ0) is 11.9. The van der Waals surface area contributed by atoms with Gasteiger partial charge in [0, 0.05) is 0 Å². The normalized spacial score (nSPS) is 10.4. The van der Waals surface area contributed by atoms with E-state index in [9.17, 15) is 0 Å². The molecule has 0 radical (unpaired) electrons. The Balaban J connectivity index is 2.03. The van der Waals surface area contributed by atoms with Crippen LogP contribution in [0.25, 0.3) is 11.1 Å². The summed E-state index contributed by atoms with van der Waals surface area (Å²) in [7, 11) is 0. The molecule has 0 aliphatic carbocycles. The SMILES string of the molecule is CCNCCc1ccc(-c2ccccc2)cc1. The monoisotopic (exact) mass is 225 g/mol. The summed E-state index contributed by atoms with van der Waals surface area (Å²) in [6.07, 6.45) is 1.10. The second-order valence-corrected chi connectivity index (χ2v) is 4.17. The first-order chi connectivity index (χ1) is 8.40. The van der Waals surface area contributed by atoms with Crippen LogP contribution in [0.3, 0.4) is 0 Å². The third-order valence-corrected chi connectivity index (χ3v) is 2.90. The van der Waals surface area contributed by atoms with E-state index in [2.05, 4.69) is 60.8 Å². The van der Waals surface area contributed by atoms with Crippen molar-refractivity contribution in [2.45, 2.75) is 13.3 Å². The van der Waals surface area contributed by atoms with Gasteiger partial charge in [-0.2, -0.15) is 0 Å². The van der Waals surface area contributed by atoms with Gasteiger partial charge in [-0.3, -0.25) is 0 Å². The van der Waals surface area contributed by atoms with Gasteiger partial charge in [-0.25, -0.2) is 0 Å². The summed E-state index contributed by atoms with van der Waals surface area (Å²) in [6.45, 7) is 4.24. The molecule has 0 bridgehead atoms. The van der Waals surface area contributed by atoms with Crippen LogP contribution in [-0.2, 0) is 6.42 Å². The van der Waals surface area contributed by atoms with Crippen LogP contribution in [0.2, 0.25) is 0 Å². The third kappa shape index (κ3) is 3.43. The minimum atomic E-state index is 1.04. The molecule has 0 unspecified atom stereocenters. The molecule has 88 valence electrons. The van der Waals surface area contributed by atoms with Gasteiger partial charge in [-0.1, -0.05) is 61.5 Å². The Labute approximate surface area is 103 Å². The van der Waals surface area contributed by atoms with E-state index < -0.39 is 0 Å². The molecule has 17 heavy (non-hydrogen) atoms. The summed E-state index contributed by atoms with van der Waals surface area (Å²) < 4.78 is 0. The van der Waals surface area contributed by atoms with E-state index in [-0.39, 0.29) is 0 Å². The van der Waals surface area contributed by atoms with Crippen LogP contribution in [0, 0.1) is 0 Å². The van der Waals surface area contributed by atoms with E-state index in [1.165, 1.54) is 16.7 Å². The van der Waals surface area contributed by atoms with Crippen molar-refractivity contribution in [2.75, 3.05) is 13.1 Å². The Morgan fingerprint density at radius 2 is 1.47 bits per heavy atom. The van der Waals surface area contributed by atoms with Crippen molar-refractivity contribution in [3.63, 3.8) is 0 Å². The zero-order valence-corrected chi connectivity index (χ0v) is 10.3. The lowest BCUT2D eigenvalue weighted by atomic mass is 10.0. The van der Waals surface area contributed by atoms with Crippen LogP contribution in [-0.4, -0.2) is 13.1 Å². The lowest BCUT2D eigenvalue weighted by molar-refractivity contribution is 0.716. The molecule has 2 aromatic rings. The highest BCUT2D eigenvalue weighted by Crippen LogP contribution is 2.19. The fourth-order valence-electron chi connectivity index (χ4n) is 1.90. The molecule has 0 aromatic heterocycles. The molecule has 2 rings (SSSR count). The van der Waals surface area contributed by atoms with Gasteiger partial charge in [-0.15, -0.1) is 0 Å². The number of benzene rings is 2. The maximum Gasteiger partial charge on any atom is -0.000847 e. The van der Waals surface area contributed by atoms with Crippen LogP contribution in [0.5, 0.6) is 0 Å². The minimum Gasteiger partial charge on any atom is -0.317 e. The Bertz CT molecular complexity index is 431. The van der Waals surface area contributed by atoms with Gasteiger partial charge in [0.25, 0.3) is 0 Å². The van der Waals surface area contributed by atoms with Crippen LogP contribution in [0.15, 0.2) is 54.6 Å². The molecule has 0 fully saturated rings. The smallest absolute Gasteiger partial charge is 0.000847 e. The molecule has 1 nitrogen and oxygen atoms in total. The van der Waals surface area contributed by atoms with E-state index in [0.717, 1.165) is 19.5 Å². The first-order valence-electron chi connectivity index (χ1n) is 6.25. The van der Waals surface area contributed by atoms with Crippen molar-refractivity contribution in [3.05, 3.63) is 60.2 Å². The van der Waals surface area contributed by atoms with Crippen molar-refractivity contribution in [2.24, 2.45) is 0 Å². The summed E-state index contributed by atoms with van der Waals surface area (Å²) in [5.41, 5.74) is 3.97. The Hall–Kier alpha value is -1.60. The highest BCUT2D eigenvalue weighted by molar-refractivity contribution is 5.63. The number of hydrogen-bond donors (Lipinski definition) is 1. The number of likely N-dealkylation sites (N-methyl/N-ethyl adjacent to an activating group) is 1. The average molecular weight is 225 g/mol. The van der Waals surface area contributed by atoms with Gasteiger partial charge in [0.2, 0.25) is 0 Å². The molecule has 1 N–H and O–H groups in total. The standard InChI is InChI=1S/C16H19N/c1-2-17-13-12-14-8-10-16(11-9-14)15-6-4-3-5-7-15/h3-11,17H,2,12-13H2,1H3. The quantitative estimate of drug-likeness (QED) is 0.768. The van der Waals surface area contributed by atoms with Crippen LogP contribution in [0.4, 0.5) is 0 Å². The lowest BCUT2D eigenvalue weighted by Crippen LogP contribution is -2.15. The number of hydrogen-bond acceptors (Lipinski definition) is 1. The van der Waals surface area contributed by atoms with Gasteiger partial charge in [-0.05, 0) is 36.2 Å². The van der Waals surface area contributed by atoms with Crippen LogP contribution >= 0.6 is 0 Å². The van der Waals surface area contributed by atoms with Gasteiger partial charge >= 0.3 is 0 Å². The molecule has 0 amide bonds. The van der Waals surface area contributed by atoms with Crippen molar-refractivity contribution < 1.29 is 0 Å². The van der Waals surface area contributed by atoms with E-state index in [1.807, 2.05) is 6.07 Å². The molecular formula is C16H19N. The molecule has 1 heteroatoms. The van der Waals surface area contributed by atoms with Gasteiger partial charge < -0.3 is 5.32 Å². The minimum absolute atomic E-state index is 1.04. The largest absolute Gasteiger partial charge is 0.317 e. The first-order valence-corrected chi connectivity index (χ1v) is 6.25. The summed E-state index contributed by atoms with van der Waals surface area (Å²) in [4.78, 5) is 0. The Kier molecular flexibility index (Phi) is 4.34. The molecule has 0 aliphatic rings. The second kappa shape index (κ2) is 6.21. The molecule has 0 aliphatic heterocycles. The fourth-order valence-corrected chi connectivity index (χ4v) is 1.90. The summed E-state index contributed by atoms with van der Waals surface area (Å²) in [6, 6.07) is 19.4. The number of rotatable bonds is 5.